The Kier molecular flexibility index (Phi) is 9.16. The van der Waals surface area contributed by atoms with Gasteiger partial charge in [-0.15, -0.1) is 48.6 Å². The zero-order chi connectivity index (χ0) is 13.1. The van der Waals surface area contributed by atoms with Crippen molar-refractivity contribution in [3.8, 4) is 21.6 Å². The Labute approximate surface area is 151 Å². The lowest BCUT2D eigenvalue weighted by Gasteiger charge is -2.06. The third kappa shape index (κ3) is 4.38. The number of hydrogen-bond acceptors (Lipinski definition) is 5. The molecule has 22 heavy (non-hydrogen) atoms. The molecule has 0 bridgehead atoms. The predicted octanol–water partition coefficient (Wildman–Crippen LogP) is 3.99. The maximum absolute atomic E-state index is 5.67. The normalized spacial score (nSPS) is 9.14. The summed E-state index contributed by atoms with van der Waals surface area (Å²) < 4.78 is 0. The maximum Gasteiger partial charge on any atom is 0.115 e. The molecule has 0 aliphatic rings. The molecule has 0 saturated heterocycles. The topological polar surface area (TPSA) is 64.7 Å². The monoisotopic (exact) mass is 376 g/mol. The van der Waals surface area contributed by atoms with Crippen molar-refractivity contribution in [3.05, 3.63) is 54.2 Å². The van der Waals surface area contributed by atoms with Crippen LogP contribution in [-0.2, 0) is 6.54 Å². The van der Waals surface area contributed by atoms with E-state index in [1.54, 1.807) is 17.5 Å². The molecule has 0 atom stereocenters. The summed E-state index contributed by atoms with van der Waals surface area (Å²) in [7, 11) is 0. The molecular weight excluding hydrogens is 363 g/mol. The van der Waals surface area contributed by atoms with Gasteiger partial charge in [0, 0.05) is 52.2 Å². The molecule has 0 radical (unpaired) electrons. The average molecular weight is 378 g/mol. The van der Waals surface area contributed by atoms with Crippen LogP contribution >= 0.6 is 48.6 Å². The van der Waals surface area contributed by atoms with Gasteiger partial charge in [0.2, 0.25) is 0 Å². The van der Waals surface area contributed by atoms with Crippen LogP contribution in [0.1, 0.15) is 4.88 Å². The van der Waals surface area contributed by atoms with Gasteiger partial charge >= 0.3 is 0 Å². The fourth-order valence-electron chi connectivity index (χ4n) is 1.91. The first-order valence-corrected chi connectivity index (χ1v) is 6.68. The van der Waals surface area contributed by atoms with E-state index in [4.69, 9.17) is 5.73 Å². The van der Waals surface area contributed by atoms with Crippen molar-refractivity contribution in [3.63, 3.8) is 0 Å². The standard InChI is InChI=1S/C14H12N4S.3ClH/c15-5-11-1-2-14(19-11)13-8-16-4-3-12(13)10-6-17-9-18-7-10;;;/h1-4,6-9H,5,15H2;3*1H. The summed E-state index contributed by atoms with van der Waals surface area (Å²) in [5, 5.41) is 0. The minimum Gasteiger partial charge on any atom is -0.326 e. The molecule has 0 unspecified atom stereocenters. The molecule has 3 aromatic heterocycles. The lowest BCUT2D eigenvalue weighted by atomic mass is 10.0. The van der Waals surface area contributed by atoms with Gasteiger partial charge in [0.25, 0.3) is 0 Å². The predicted molar refractivity (Wildman–Crippen MR) is 98.2 cm³/mol. The van der Waals surface area contributed by atoms with Gasteiger partial charge in [-0.05, 0) is 23.8 Å². The summed E-state index contributed by atoms with van der Waals surface area (Å²) in [5.41, 5.74) is 8.82. The Morgan fingerprint density at radius 2 is 1.59 bits per heavy atom. The second-order valence-electron chi connectivity index (χ2n) is 4.02. The van der Waals surface area contributed by atoms with Crippen molar-refractivity contribution >= 4 is 48.6 Å². The number of thiophene rings is 1. The lowest BCUT2D eigenvalue weighted by Crippen LogP contribution is -1.91. The number of halogens is 3. The number of rotatable bonds is 3. The highest BCUT2D eigenvalue weighted by Crippen LogP contribution is 2.34. The first kappa shape index (κ1) is 20.8. The van der Waals surface area contributed by atoms with E-state index in [9.17, 15) is 0 Å². The first-order chi connectivity index (χ1) is 9.38. The molecule has 0 fully saturated rings. The van der Waals surface area contributed by atoms with Crippen LogP contribution in [-0.4, -0.2) is 15.0 Å². The molecule has 0 aliphatic heterocycles. The number of nitrogens with zero attached hydrogens (tertiary/aromatic N) is 3. The third-order valence-electron chi connectivity index (χ3n) is 2.82. The van der Waals surface area contributed by atoms with Crippen LogP contribution in [0, 0.1) is 0 Å². The molecule has 0 aliphatic carbocycles. The van der Waals surface area contributed by atoms with Crippen LogP contribution in [0.2, 0.25) is 0 Å². The zero-order valence-electron chi connectivity index (χ0n) is 11.4. The zero-order valence-corrected chi connectivity index (χ0v) is 14.6. The van der Waals surface area contributed by atoms with Gasteiger partial charge in [-0.25, -0.2) is 9.97 Å². The summed E-state index contributed by atoms with van der Waals surface area (Å²) in [6.45, 7) is 0.564. The molecule has 4 nitrogen and oxygen atoms in total. The van der Waals surface area contributed by atoms with E-state index < -0.39 is 0 Å². The summed E-state index contributed by atoms with van der Waals surface area (Å²) in [6.07, 6.45) is 8.80. The van der Waals surface area contributed by atoms with Gasteiger partial charge in [0.1, 0.15) is 6.33 Å². The minimum absolute atomic E-state index is 0. The van der Waals surface area contributed by atoms with Gasteiger partial charge in [-0.3, -0.25) is 4.98 Å². The van der Waals surface area contributed by atoms with E-state index in [1.807, 2.05) is 24.7 Å². The average Bonchev–Trinajstić information content (AvgIpc) is 2.97. The molecule has 3 aromatic rings. The van der Waals surface area contributed by atoms with Crippen molar-refractivity contribution in [2.24, 2.45) is 5.73 Å². The quantitative estimate of drug-likeness (QED) is 0.749. The highest BCUT2D eigenvalue weighted by molar-refractivity contribution is 7.15. The van der Waals surface area contributed by atoms with Crippen LogP contribution in [0.25, 0.3) is 21.6 Å². The molecule has 8 heteroatoms. The molecule has 3 heterocycles. The Bertz CT molecular complexity index is 691. The number of aromatic nitrogens is 3. The highest BCUT2D eigenvalue weighted by atomic mass is 35.5. The second-order valence-corrected chi connectivity index (χ2v) is 5.19. The Balaban J connectivity index is 0.00000147. The molecule has 3 rings (SSSR count). The first-order valence-electron chi connectivity index (χ1n) is 5.87. The summed E-state index contributed by atoms with van der Waals surface area (Å²) in [4.78, 5) is 14.7. The van der Waals surface area contributed by atoms with E-state index in [2.05, 4.69) is 27.1 Å². The number of hydrogen-bond donors (Lipinski definition) is 1. The highest BCUT2D eigenvalue weighted by Gasteiger charge is 2.09. The smallest absolute Gasteiger partial charge is 0.115 e. The van der Waals surface area contributed by atoms with Crippen LogP contribution in [0.3, 0.4) is 0 Å². The lowest BCUT2D eigenvalue weighted by molar-refractivity contribution is 1.11. The van der Waals surface area contributed by atoms with E-state index in [-0.39, 0.29) is 37.2 Å². The van der Waals surface area contributed by atoms with Crippen LogP contribution in [0.15, 0.2) is 49.3 Å². The van der Waals surface area contributed by atoms with E-state index >= 15 is 0 Å². The van der Waals surface area contributed by atoms with Crippen molar-refractivity contribution < 1.29 is 0 Å². The Morgan fingerprint density at radius 3 is 2.23 bits per heavy atom. The number of pyridine rings is 1. The molecule has 118 valence electrons. The van der Waals surface area contributed by atoms with Crippen molar-refractivity contribution in [1.29, 1.82) is 0 Å². The summed E-state index contributed by atoms with van der Waals surface area (Å²) >= 11 is 1.69. The van der Waals surface area contributed by atoms with Gasteiger partial charge in [0.15, 0.2) is 0 Å². The maximum atomic E-state index is 5.67. The SMILES string of the molecule is Cl.Cl.Cl.NCc1ccc(-c2cnccc2-c2cncnc2)s1. The van der Waals surface area contributed by atoms with Crippen molar-refractivity contribution in [1.82, 2.24) is 15.0 Å². The summed E-state index contributed by atoms with van der Waals surface area (Å²) in [6, 6.07) is 6.12. The van der Waals surface area contributed by atoms with Gasteiger partial charge in [-0.2, -0.15) is 0 Å². The summed E-state index contributed by atoms with van der Waals surface area (Å²) in [5.74, 6) is 0. The van der Waals surface area contributed by atoms with E-state index in [0.717, 1.165) is 26.4 Å². The molecule has 0 amide bonds. The largest absolute Gasteiger partial charge is 0.326 e. The molecule has 2 N–H and O–H groups in total. The van der Waals surface area contributed by atoms with Crippen LogP contribution in [0.4, 0.5) is 0 Å². The molecule has 0 spiro atoms. The van der Waals surface area contributed by atoms with Gasteiger partial charge in [0.05, 0.1) is 0 Å². The van der Waals surface area contributed by atoms with Crippen LogP contribution in [0.5, 0.6) is 0 Å². The Morgan fingerprint density at radius 1 is 0.864 bits per heavy atom. The van der Waals surface area contributed by atoms with Gasteiger partial charge in [-0.1, -0.05) is 0 Å². The van der Waals surface area contributed by atoms with E-state index in [1.165, 1.54) is 6.33 Å². The van der Waals surface area contributed by atoms with Crippen LogP contribution < -0.4 is 5.73 Å². The Hall–Kier alpha value is -1.24. The van der Waals surface area contributed by atoms with Gasteiger partial charge < -0.3 is 5.73 Å². The van der Waals surface area contributed by atoms with Crippen molar-refractivity contribution in [2.75, 3.05) is 0 Å². The fraction of sp³-hybridized carbons (Fsp3) is 0.0714. The molecule has 0 aromatic carbocycles. The van der Waals surface area contributed by atoms with E-state index in [0.29, 0.717) is 6.54 Å². The van der Waals surface area contributed by atoms with Crippen molar-refractivity contribution in [2.45, 2.75) is 6.54 Å². The molecular formula is C14H15Cl3N4S. The molecule has 0 saturated carbocycles. The second kappa shape index (κ2) is 9.71. The third-order valence-corrected chi connectivity index (χ3v) is 3.96. The fourth-order valence-corrected chi connectivity index (χ4v) is 2.82. The number of nitrogens with two attached hydrogens (primary N) is 1. The minimum atomic E-state index is 0.